The molecule has 0 spiro atoms. The van der Waals surface area contributed by atoms with E-state index in [1.807, 2.05) is 31.1 Å². The molecule has 38 heavy (non-hydrogen) atoms. The van der Waals surface area contributed by atoms with Crippen LogP contribution in [-0.2, 0) is 11.2 Å². The van der Waals surface area contributed by atoms with Crippen LogP contribution in [0.4, 0.5) is 33.2 Å². The topological polar surface area (TPSA) is 143 Å². The Morgan fingerprint density at radius 3 is 2.79 bits per heavy atom. The molecule has 3 heterocycles. The number of methoxy groups -OCH3 is 1. The lowest BCUT2D eigenvalue weighted by atomic mass is 10.1. The predicted octanol–water partition coefficient (Wildman–Crippen LogP) is 2.56. The molecule has 1 aliphatic rings. The SMILES string of the molecule is COc1cc2c(cc1Nc1nc(Nc3cccc(F)c3C(N)=O)c3cc[nH]c3[nH+]1)CCN2C(=O)CN(C)C. The van der Waals surface area contributed by atoms with Crippen molar-refractivity contribution in [2.45, 2.75) is 6.42 Å². The molecule has 2 amide bonds. The first kappa shape index (κ1) is 25.0. The number of rotatable bonds is 8. The van der Waals surface area contributed by atoms with E-state index >= 15 is 0 Å². The maximum Gasteiger partial charge on any atom is 0.351 e. The third kappa shape index (κ3) is 4.68. The molecule has 12 heteroatoms. The van der Waals surface area contributed by atoms with Crippen molar-refractivity contribution in [1.29, 1.82) is 0 Å². The van der Waals surface area contributed by atoms with Gasteiger partial charge in [0.1, 0.15) is 11.5 Å². The van der Waals surface area contributed by atoms with E-state index in [9.17, 15) is 14.0 Å². The molecule has 196 valence electrons. The minimum absolute atomic E-state index is 0.0205. The van der Waals surface area contributed by atoms with Crippen molar-refractivity contribution in [2.24, 2.45) is 5.73 Å². The Kier molecular flexibility index (Phi) is 6.55. The van der Waals surface area contributed by atoms with Crippen LogP contribution in [0.15, 0.2) is 42.6 Å². The van der Waals surface area contributed by atoms with Crippen molar-refractivity contribution >= 4 is 51.7 Å². The molecule has 0 radical (unpaired) electrons. The Balaban J connectivity index is 1.49. The molecule has 0 saturated carbocycles. The zero-order valence-electron chi connectivity index (χ0n) is 21.2. The number of amides is 2. The van der Waals surface area contributed by atoms with Crippen LogP contribution < -0.4 is 31.0 Å². The summed E-state index contributed by atoms with van der Waals surface area (Å²) in [5.74, 6) is -0.335. The number of carbonyl (C=O) groups is 2. The monoisotopic (exact) mass is 519 g/mol. The van der Waals surface area contributed by atoms with Crippen LogP contribution in [-0.4, -0.2) is 61.0 Å². The second kappa shape index (κ2) is 9.98. The van der Waals surface area contributed by atoms with Gasteiger partial charge in [0.05, 0.1) is 36.0 Å². The standard InChI is InChI=1S/C26H27FN8O3/c1-34(2)13-21(36)35-10-8-14-11-18(20(38-3)12-19(14)35)31-26-32-24-15(7-9-29-24)25(33-26)30-17-6-4-5-16(27)22(17)23(28)37/h4-7,9,11-12H,8,10,13H2,1-3H3,(H2,28,37)(H3,29,30,31,32,33)/p+1. The van der Waals surface area contributed by atoms with E-state index in [1.165, 1.54) is 12.1 Å². The van der Waals surface area contributed by atoms with E-state index in [1.54, 1.807) is 30.3 Å². The largest absolute Gasteiger partial charge is 0.493 e. The quantitative estimate of drug-likeness (QED) is 0.280. The summed E-state index contributed by atoms with van der Waals surface area (Å²) < 4.78 is 20.0. The van der Waals surface area contributed by atoms with Gasteiger partial charge in [0.25, 0.3) is 5.91 Å². The highest BCUT2D eigenvalue weighted by molar-refractivity contribution is 6.01. The van der Waals surface area contributed by atoms with E-state index in [2.05, 4.69) is 25.6 Å². The first-order chi connectivity index (χ1) is 18.2. The maximum absolute atomic E-state index is 14.3. The molecule has 0 atom stereocenters. The number of nitrogens with one attached hydrogen (secondary N) is 4. The maximum atomic E-state index is 14.3. The summed E-state index contributed by atoms with van der Waals surface area (Å²) in [6, 6.07) is 9.79. The van der Waals surface area contributed by atoms with Gasteiger partial charge in [-0.3, -0.25) is 19.9 Å². The van der Waals surface area contributed by atoms with Crippen LogP contribution in [0.3, 0.4) is 0 Å². The summed E-state index contributed by atoms with van der Waals surface area (Å²) >= 11 is 0. The number of nitrogens with zero attached hydrogens (tertiary/aromatic N) is 3. The minimum atomic E-state index is -0.891. The van der Waals surface area contributed by atoms with Gasteiger partial charge >= 0.3 is 5.95 Å². The Labute approximate surface area is 217 Å². The van der Waals surface area contributed by atoms with Gasteiger partial charge in [0.2, 0.25) is 17.4 Å². The molecular formula is C26H28FN8O3+. The summed E-state index contributed by atoms with van der Waals surface area (Å²) in [6.07, 6.45) is 2.44. The van der Waals surface area contributed by atoms with Gasteiger partial charge in [-0.1, -0.05) is 11.1 Å². The van der Waals surface area contributed by atoms with Gasteiger partial charge in [0.15, 0.2) is 5.75 Å². The average molecular weight is 520 g/mol. The van der Waals surface area contributed by atoms with Gasteiger partial charge < -0.3 is 25.6 Å². The van der Waals surface area contributed by atoms with E-state index in [0.29, 0.717) is 53.7 Å². The van der Waals surface area contributed by atoms with Crippen LogP contribution in [0.5, 0.6) is 5.75 Å². The average Bonchev–Trinajstić information content (AvgIpc) is 3.50. The molecule has 2 aromatic heterocycles. The number of fused-ring (bicyclic) bond motifs is 2. The number of ether oxygens (including phenoxy) is 1. The highest BCUT2D eigenvalue weighted by Gasteiger charge is 2.28. The Morgan fingerprint density at radius 1 is 1.24 bits per heavy atom. The second-order valence-corrected chi connectivity index (χ2v) is 9.19. The third-order valence-corrected chi connectivity index (χ3v) is 6.28. The lowest BCUT2D eigenvalue weighted by molar-refractivity contribution is -0.333. The van der Waals surface area contributed by atoms with Gasteiger partial charge in [-0.05, 0) is 50.3 Å². The van der Waals surface area contributed by atoms with Crippen molar-refractivity contribution in [2.75, 3.05) is 49.8 Å². The molecule has 0 fully saturated rings. The number of benzene rings is 2. The predicted molar refractivity (Wildman–Crippen MR) is 142 cm³/mol. The number of H-pyrrole nitrogens is 2. The zero-order chi connectivity index (χ0) is 27.0. The van der Waals surface area contributed by atoms with Gasteiger partial charge in [-0.25, -0.2) is 9.37 Å². The number of nitrogens with two attached hydrogens (primary N) is 1. The molecule has 0 aliphatic carbocycles. The summed E-state index contributed by atoms with van der Waals surface area (Å²) in [5, 5.41) is 6.99. The number of carbonyl (C=O) groups excluding carboxylic acids is 2. The van der Waals surface area contributed by atoms with Crippen LogP contribution in [0, 0.1) is 5.82 Å². The van der Waals surface area contributed by atoms with E-state index < -0.39 is 11.7 Å². The normalized spacial score (nSPS) is 12.6. The van der Waals surface area contributed by atoms with Crippen LogP contribution in [0.1, 0.15) is 15.9 Å². The minimum Gasteiger partial charge on any atom is -0.493 e. The third-order valence-electron chi connectivity index (χ3n) is 6.28. The summed E-state index contributed by atoms with van der Waals surface area (Å²) in [6.45, 7) is 0.909. The van der Waals surface area contributed by atoms with Crippen molar-refractivity contribution in [3.63, 3.8) is 0 Å². The summed E-state index contributed by atoms with van der Waals surface area (Å²) in [4.78, 5) is 39.2. The molecule has 1 aliphatic heterocycles. The lowest BCUT2D eigenvalue weighted by Gasteiger charge is -2.20. The molecule has 4 aromatic rings. The number of aromatic nitrogens is 3. The number of anilines is 5. The fourth-order valence-electron chi connectivity index (χ4n) is 4.58. The van der Waals surface area contributed by atoms with E-state index in [4.69, 9.17) is 10.5 Å². The number of hydrogen-bond donors (Lipinski definition) is 4. The fraction of sp³-hybridized carbons (Fsp3) is 0.231. The van der Waals surface area contributed by atoms with Crippen molar-refractivity contribution in [1.82, 2.24) is 14.9 Å². The Bertz CT molecular complexity index is 1550. The van der Waals surface area contributed by atoms with Gasteiger partial charge in [0, 0.05) is 18.8 Å². The molecule has 0 bridgehead atoms. The lowest BCUT2D eigenvalue weighted by Crippen LogP contribution is -2.36. The smallest absolute Gasteiger partial charge is 0.351 e. The zero-order valence-corrected chi connectivity index (χ0v) is 21.2. The number of likely N-dealkylation sites (N-methyl/N-ethyl adjacent to an activating group) is 1. The van der Waals surface area contributed by atoms with Crippen molar-refractivity contribution < 1.29 is 23.7 Å². The summed E-state index contributed by atoms with van der Waals surface area (Å²) in [5.41, 5.74) is 8.48. The molecule has 5 rings (SSSR count). The molecule has 0 unspecified atom stereocenters. The number of hydrogen-bond acceptors (Lipinski definition) is 7. The number of primary amides is 1. The highest BCUT2D eigenvalue weighted by Crippen LogP contribution is 2.38. The van der Waals surface area contributed by atoms with E-state index in [0.717, 1.165) is 11.3 Å². The van der Waals surface area contributed by atoms with E-state index in [-0.39, 0.29) is 17.2 Å². The van der Waals surface area contributed by atoms with Crippen molar-refractivity contribution in [3.05, 3.63) is 59.5 Å². The molecular weight excluding hydrogens is 491 g/mol. The fourth-order valence-corrected chi connectivity index (χ4v) is 4.58. The van der Waals surface area contributed by atoms with Crippen LogP contribution in [0.25, 0.3) is 11.0 Å². The first-order valence-electron chi connectivity index (χ1n) is 11.9. The van der Waals surface area contributed by atoms with Gasteiger partial charge in [-0.2, -0.15) is 0 Å². The Hall–Kier alpha value is -4.71. The van der Waals surface area contributed by atoms with Crippen LogP contribution >= 0.6 is 0 Å². The van der Waals surface area contributed by atoms with Gasteiger partial charge in [-0.15, -0.1) is 0 Å². The second-order valence-electron chi connectivity index (χ2n) is 9.19. The molecule has 2 aromatic carbocycles. The molecule has 6 N–H and O–H groups in total. The van der Waals surface area contributed by atoms with Crippen molar-refractivity contribution in [3.8, 4) is 5.75 Å². The number of aromatic amines is 2. The molecule has 0 saturated heterocycles. The molecule has 11 nitrogen and oxygen atoms in total. The first-order valence-corrected chi connectivity index (χ1v) is 11.9. The summed E-state index contributed by atoms with van der Waals surface area (Å²) in [7, 11) is 5.28. The number of halogens is 1. The Morgan fingerprint density at radius 2 is 2.05 bits per heavy atom. The van der Waals surface area contributed by atoms with Crippen LogP contribution in [0.2, 0.25) is 0 Å². The highest BCUT2D eigenvalue weighted by atomic mass is 19.1.